The summed E-state index contributed by atoms with van der Waals surface area (Å²) < 4.78 is 26.7. The van der Waals surface area contributed by atoms with E-state index in [0.717, 1.165) is 0 Å². The molecule has 0 aliphatic rings. The van der Waals surface area contributed by atoms with Crippen LogP contribution in [0.1, 0.15) is 5.56 Å². The van der Waals surface area contributed by atoms with E-state index in [9.17, 15) is 8.42 Å². The first-order valence-electron chi connectivity index (χ1n) is 5.54. The van der Waals surface area contributed by atoms with Crippen LogP contribution < -0.4 is 10.5 Å². The average Bonchev–Trinajstić information content (AvgIpc) is 2.47. The molecule has 7 nitrogen and oxygen atoms in total. The van der Waals surface area contributed by atoms with Crippen molar-refractivity contribution in [3.8, 4) is 0 Å². The molecule has 1 heterocycles. The van der Waals surface area contributed by atoms with Crippen LogP contribution in [0.4, 0.5) is 5.69 Å². The Morgan fingerprint density at radius 2 is 2.00 bits per heavy atom. The molecule has 2 rings (SSSR count). The van der Waals surface area contributed by atoms with Crippen LogP contribution in [0.3, 0.4) is 0 Å². The van der Waals surface area contributed by atoms with Gasteiger partial charge in [-0.05, 0) is 24.3 Å². The summed E-state index contributed by atoms with van der Waals surface area (Å²) in [5.41, 5.74) is 6.00. The molecule has 2 aromatic rings. The maximum absolute atomic E-state index is 12.2. The summed E-state index contributed by atoms with van der Waals surface area (Å²) in [5.74, 6) is -0.186. The molecule has 0 saturated heterocycles. The lowest BCUT2D eigenvalue weighted by Crippen LogP contribution is -2.19. The molecule has 0 aliphatic carbocycles. The number of aromatic nitrogens is 1. The smallest absolute Gasteiger partial charge is 0.263 e. The van der Waals surface area contributed by atoms with Crippen molar-refractivity contribution in [3.63, 3.8) is 0 Å². The number of hydrogen-bond acceptors (Lipinski definition) is 5. The standard InChI is InChI=1S/C12H12N4O3S/c13-12(15-17)10-5-1-2-6-11(10)16-20(18,19)9-4-3-7-14-8-9/h1-8,16-17H,(H2,13,15). The van der Waals surface area contributed by atoms with Crippen molar-refractivity contribution < 1.29 is 13.6 Å². The number of pyridine rings is 1. The Morgan fingerprint density at radius 1 is 1.25 bits per heavy atom. The molecule has 0 fully saturated rings. The summed E-state index contributed by atoms with van der Waals surface area (Å²) in [4.78, 5) is 3.78. The van der Waals surface area contributed by atoms with Crippen LogP contribution in [-0.2, 0) is 10.0 Å². The van der Waals surface area contributed by atoms with Crippen molar-refractivity contribution in [2.75, 3.05) is 4.72 Å². The second kappa shape index (κ2) is 5.57. The van der Waals surface area contributed by atoms with Crippen LogP contribution in [0, 0.1) is 0 Å². The Labute approximate surface area is 115 Å². The Kier molecular flexibility index (Phi) is 3.85. The van der Waals surface area contributed by atoms with Crippen molar-refractivity contribution >= 4 is 21.5 Å². The highest BCUT2D eigenvalue weighted by molar-refractivity contribution is 7.92. The Morgan fingerprint density at radius 3 is 2.65 bits per heavy atom. The van der Waals surface area contributed by atoms with E-state index in [-0.39, 0.29) is 22.0 Å². The van der Waals surface area contributed by atoms with Gasteiger partial charge in [0.2, 0.25) is 0 Å². The maximum Gasteiger partial charge on any atom is 0.263 e. The first-order valence-corrected chi connectivity index (χ1v) is 7.02. The molecule has 0 spiro atoms. The van der Waals surface area contributed by atoms with Crippen molar-refractivity contribution in [2.45, 2.75) is 4.90 Å². The molecule has 0 bridgehead atoms. The number of anilines is 1. The van der Waals surface area contributed by atoms with Crippen molar-refractivity contribution in [3.05, 3.63) is 54.4 Å². The van der Waals surface area contributed by atoms with E-state index in [2.05, 4.69) is 14.9 Å². The van der Waals surface area contributed by atoms with Gasteiger partial charge in [-0.3, -0.25) is 9.71 Å². The molecule has 0 unspecified atom stereocenters. The Hall–Kier alpha value is -2.61. The fraction of sp³-hybridized carbons (Fsp3) is 0. The van der Waals surface area contributed by atoms with Gasteiger partial charge in [-0.1, -0.05) is 17.3 Å². The maximum atomic E-state index is 12.2. The molecular weight excluding hydrogens is 280 g/mol. The topological polar surface area (TPSA) is 118 Å². The van der Waals surface area contributed by atoms with Gasteiger partial charge < -0.3 is 10.9 Å². The number of nitrogens with zero attached hydrogens (tertiary/aromatic N) is 2. The largest absolute Gasteiger partial charge is 0.409 e. The van der Waals surface area contributed by atoms with Crippen molar-refractivity contribution in [1.82, 2.24) is 4.98 Å². The quantitative estimate of drug-likeness (QED) is 0.336. The van der Waals surface area contributed by atoms with Gasteiger partial charge in [-0.15, -0.1) is 0 Å². The van der Waals surface area contributed by atoms with Gasteiger partial charge in [0, 0.05) is 18.0 Å². The van der Waals surface area contributed by atoms with Crippen LogP contribution in [-0.4, -0.2) is 24.4 Å². The van der Waals surface area contributed by atoms with Crippen molar-refractivity contribution in [2.24, 2.45) is 10.9 Å². The molecule has 104 valence electrons. The van der Waals surface area contributed by atoms with Gasteiger partial charge in [0.05, 0.1) is 5.69 Å². The predicted octanol–water partition coefficient (Wildman–Crippen LogP) is 0.977. The van der Waals surface area contributed by atoms with Crippen LogP contribution in [0.15, 0.2) is 58.8 Å². The Balaban J connectivity index is 2.41. The normalized spacial score (nSPS) is 12.1. The molecular formula is C12H12N4O3S. The molecule has 1 aromatic carbocycles. The second-order valence-electron chi connectivity index (χ2n) is 3.83. The minimum atomic E-state index is -3.78. The SMILES string of the molecule is N/C(=N/O)c1ccccc1NS(=O)(=O)c1cccnc1. The average molecular weight is 292 g/mol. The number of benzene rings is 1. The zero-order chi connectivity index (χ0) is 14.6. The van der Waals surface area contributed by atoms with E-state index in [1.54, 1.807) is 12.1 Å². The molecule has 0 saturated carbocycles. The van der Waals surface area contributed by atoms with E-state index in [1.165, 1.54) is 36.7 Å². The molecule has 0 aliphatic heterocycles. The highest BCUT2D eigenvalue weighted by Gasteiger charge is 2.17. The lowest BCUT2D eigenvalue weighted by Gasteiger charge is -2.11. The van der Waals surface area contributed by atoms with E-state index in [0.29, 0.717) is 0 Å². The van der Waals surface area contributed by atoms with Crippen LogP contribution in [0.2, 0.25) is 0 Å². The van der Waals surface area contributed by atoms with Gasteiger partial charge in [0.15, 0.2) is 5.84 Å². The molecule has 0 radical (unpaired) electrons. The highest BCUT2D eigenvalue weighted by Crippen LogP contribution is 2.19. The number of hydrogen-bond donors (Lipinski definition) is 3. The molecule has 4 N–H and O–H groups in total. The number of sulfonamides is 1. The monoisotopic (exact) mass is 292 g/mol. The van der Waals surface area contributed by atoms with Gasteiger partial charge in [0.25, 0.3) is 10.0 Å². The highest BCUT2D eigenvalue weighted by atomic mass is 32.2. The fourth-order valence-corrected chi connectivity index (χ4v) is 2.60. The number of nitrogens with one attached hydrogen (secondary N) is 1. The summed E-state index contributed by atoms with van der Waals surface area (Å²) >= 11 is 0. The molecule has 0 atom stereocenters. The number of amidine groups is 1. The number of rotatable bonds is 4. The lowest BCUT2D eigenvalue weighted by atomic mass is 10.2. The number of nitrogens with two attached hydrogens (primary N) is 1. The summed E-state index contributed by atoms with van der Waals surface area (Å²) in [6, 6.07) is 9.27. The van der Waals surface area contributed by atoms with Gasteiger partial charge in [0.1, 0.15) is 4.90 Å². The molecule has 20 heavy (non-hydrogen) atoms. The van der Waals surface area contributed by atoms with Crippen molar-refractivity contribution in [1.29, 1.82) is 0 Å². The minimum Gasteiger partial charge on any atom is -0.409 e. The summed E-state index contributed by atoms with van der Waals surface area (Å²) in [7, 11) is -3.78. The molecule has 8 heteroatoms. The third-order valence-electron chi connectivity index (χ3n) is 2.50. The Bertz CT molecular complexity index is 729. The summed E-state index contributed by atoms with van der Waals surface area (Å²) in [6.45, 7) is 0. The first kappa shape index (κ1) is 13.8. The van der Waals surface area contributed by atoms with E-state index >= 15 is 0 Å². The third kappa shape index (κ3) is 2.86. The minimum absolute atomic E-state index is 0.0225. The van der Waals surface area contributed by atoms with Crippen LogP contribution in [0.25, 0.3) is 0 Å². The summed E-state index contributed by atoms with van der Waals surface area (Å²) in [5, 5.41) is 11.6. The van der Waals surface area contributed by atoms with E-state index in [1.807, 2.05) is 0 Å². The van der Waals surface area contributed by atoms with Gasteiger partial charge in [-0.25, -0.2) is 8.42 Å². The van der Waals surface area contributed by atoms with Gasteiger partial charge in [-0.2, -0.15) is 0 Å². The van der Waals surface area contributed by atoms with E-state index < -0.39 is 10.0 Å². The lowest BCUT2D eigenvalue weighted by molar-refractivity contribution is 0.318. The number of para-hydroxylation sites is 1. The fourth-order valence-electron chi connectivity index (χ4n) is 1.56. The summed E-state index contributed by atoms with van der Waals surface area (Å²) in [6.07, 6.45) is 2.71. The van der Waals surface area contributed by atoms with Crippen LogP contribution >= 0.6 is 0 Å². The zero-order valence-corrected chi connectivity index (χ0v) is 11.1. The molecule has 0 amide bonds. The first-order chi connectivity index (χ1) is 9.54. The second-order valence-corrected chi connectivity index (χ2v) is 5.51. The molecule has 1 aromatic heterocycles. The predicted molar refractivity (Wildman–Crippen MR) is 74.0 cm³/mol. The van der Waals surface area contributed by atoms with Gasteiger partial charge >= 0.3 is 0 Å². The zero-order valence-electron chi connectivity index (χ0n) is 10.3. The van der Waals surface area contributed by atoms with E-state index in [4.69, 9.17) is 10.9 Å². The third-order valence-corrected chi connectivity index (χ3v) is 3.85. The number of oxime groups is 1. The van der Waals surface area contributed by atoms with Crippen LogP contribution in [0.5, 0.6) is 0 Å².